The van der Waals surface area contributed by atoms with Gasteiger partial charge < -0.3 is 5.32 Å². The summed E-state index contributed by atoms with van der Waals surface area (Å²) in [6, 6.07) is 7.11. The molecule has 0 aromatic heterocycles. The van der Waals surface area contributed by atoms with Crippen LogP contribution in [-0.2, 0) is 4.79 Å². The summed E-state index contributed by atoms with van der Waals surface area (Å²) in [6.45, 7) is 0.745. The second kappa shape index (κ2) is 5.56. The minimum atomic E-state index is -0.0966. The van der Waals surface area contributed by atoms with Crippen LogP contribution < -0.4 is 5.32 Å². The maximum Gasteiger partial charge on any atom is 0.234 e. The number of carbonyl (C=O) groups is 1. The molecule has 17 heavy (non-hydrogen) atoms. The van der Waals surface area contributed by atoms with Crippen molar-refractivity contribution < 1.29 is 4.79 Å². The first kappa shape index (κ1) is 12.5. The van der Waals surface area contributed by atoms with Gasteiger partial charge >= 0.3 is 0 Å². The third kappa shape index (κ3) is 3.01. The topological polar surface area (TPSA) is 41.5 Å². The van der Waals surface area contributed by atoms with E-state index in [1.54, 1.807) is 36.0 Å². The second-order valence-corrected chi connectivity index (χ2v) is 5.02. The molecule has 1 aliphatic heterocycles. The number of hydrogen-bond donors (Lipinski definition) is 1. The van der Waals surface area contributed by atoms with Crippen LogP contribution >= 0.6 is 23.4 Å². The first-order valence-electron chi connectivity index (χ1n) is 5.35. The van der Waals surface area contributed by atoms with Crippen molar-refractivity contribution in [2.75, 3.05) is 18.1 Å². The van der Waals surface area contributed by atoms with E-state index in [1.807, 2.05) is 6.26 Å². The van der Waals surface area contributed by atoms with Crippen LogP contribution in [0.2, 0.25) is 5.02 Å². The fourth-order valence-corrected chi connectivity index (χ4v) is 2.61. The van der Waals surface area contributed by atoms with Gasteiger partial charge in [-0.05, 0) is 36.9 Å². The minimum absolute atomic E-state index is 0.0120. The van der Waals surface area contributed by atoms with Crippen molar-refractivity contribution in [2.45, 2.75) is 6.42 Å². The number of aliphatic imine (C=N–C) groups is 1. The third-order valence-corrected chi connectivity index (χ3v) is 3.70. The van der Waals surface area contributed by atoms with Gasteiger partial charge in [0.15, 0.2) is 0 Å². The molecule has 0 saturated heterocycles. The van der Waals surface area contributed by atoms with Gasteiger partial charge in [-0.25, -0.2) is 0 Å². The number of anilines is 1. The number of thioether (sulfide) groups is 1. The Morgan fingerprint density at radius 2 is 2.18 bits per heavy atom. The first-order chi connectivity index (χ1) is 8.20. The summed E-state index contributed by atoms with van der Waals surface area (Å²) in [5.74, 6) is -0.0846. The van der Waals surface area contributed by atoms with Crippen LogP contribution in [0.25, 0.3) is 0 Å². The molecule has 1 aromatic rings. The number of rotatable bonds is 2. The molecule has 0 bridgehead atoms. The van der Waals surface area contributed by atoms with Crippen LogP contribution in [0.5, 0.6) is 0 Å². The molecular formula is C12H13ClN2OS. The van der Waals surface area contributed by atoms with Gasteiger partial charge in [-0.2, -0.15) is 0 Å². The number of hydrogen-bond acceptors (Lipinski definition) is 3. The highest BCUT2D eigenvalue weighted by Gasteiger charge is 2.27. The van der Waals surface area contributed by atoms with E-state index in [0.717, 1.165) is 23.7 Å². The van der Waals surface area contributed by atoms with Crippen molar-refractivity contribution in [1.82, 2.24) is 0 Å². The molecular weight excluding hydrogens is 256 g/mol. The van der Waals surface area contributed by atoms with E-state index in [9.17, 15) is 4.79 Å². The molecule has 1 aliphatic rings. The summed E-state index contributed by atoms with van der Waals surface area (Å²) < 4.78 is 0. The molecule has 1 N–H and O–H groups in total. The first-order valence-corrected chi connectivity index (χ1v) is 6.95. The molecule has 0 radical (unpaired) electrons. The largest absolute Gasteiger partial charge is 0.325 e. The zero-order valence-electron chi connectivity index (χ0n) is 9.44. The highest BCUT2D eigenvalue weighted by Crippen LogP contribution is 2.23. The van der Waals surface area contributed by atoms with Gasteiger partial charge in [0.2, 0.25) is 5.91 Å². The van der Waals surface area contributed by atoms with Gasteiger partial charge in [0.1, 0.15) is 0 Å². The molecule has 90 valence electrons. The quantitative estimate of drug-likeness (QED) is 0.896. The lowest BCUT2D eigenvalue weighted by Crippen LogP contribution is -2.25. The van der Waals surface area contributed by atoms with Crippen molar-refractivity contribution >= 4 is 40.0 Å². The SMILES string of the molecule is CSC1=NCCC1C(=O)Nc1ccc(Cl)cc1. The lowest BCUT2D eigenvalue weighted by molar-refractivity contribution is -0.117. The molecule has 0 fully saturated rings. The number of nitrogens with zero attached hydrogens (tertiary/aromatic N) is 1. The van der Waals surface area contributed by atoms with Crippen LogP contribution in [0.15, 0.2) is 29.3 Å². The summed E-state index contributed by atoms with van der Waals surface area (Å²) in [4.78, 5) is 16.3. The lowest BCUT2D eigenvalue weighted by Gasteiger charge is -2.11. The van der Waals surface area contributed by atoms with Gasteiger partial charge in [0.05, 0.1) is 11.0 Å². The predicted octanol–water partition coefficient (Wildman–Crippen LogP) is 3.06. The van der Waals surface area contributed by atoms with Crippen molar-refractivity contribution in [3.63, 3.8) is 0 Å². The highest BCUT2D eigenvalue weighted by atomic mass is 35.5. The van der Waals surface area contributed by atoms with Gasteiger partial charge in [-0.15, -0.1) is 11.8 Å². The molecule has 1 amide bonds. The Hall–Kier alpha value is -1.00. The zero-order valence-corrected chi connectivity index (χ0v) is 11.0. The van der Waals surface area contributed by atoms with Gasteiger partial charge in [-0.3, -0.25) is 9.79 Å². The van der Waals surface area contributed by atoms with E-state index in [0.29, 0.717) is 5.02 Å². The smallest absolute Gasteiger partial charge is 0.234 e. The van der Waals surface area contributed by atoms with E-state index in [2.05, 4.69) is 10.3 Å². The van der Waals surface area contributed by atoms with Gasteiger partial charge in [-0.1, -0.05) is 11.6 Å². The van der Waals surface area contributed by atoms with Crippen LogP contribution in [0.1, 0.15) is 6.42 Å². The number of benzene rings is 1. The van der Waals surface area contributed by atoms with E-state index >= 15 is 0 Å². The Morgan fingerprint density at radius 3 is 2.82 bits per heavy atom. The summed E-state index contributed by atoms with van der Waals surface area (Å²) in [5.41, 5.74) is 0.770. The maximum absolute atomic E-state index is 12.0. The molecule has 3 nitrogen and oxygen atoms in total. The molecule has 5 heteroatoms. The van der Waals surface area contributed by atoms with E-state index < -0.39 is 0 Å². The third-order valence-electron chi connectivity index (χ3n) is 2.62. The fourth-order valence-electron chi connectivity index (χ4n) is 1.75. The minimum Gasteiger partial charge on any atom is -0.325 e. The average molecular weight is 269 g/mol. The molecule has 0 spiro atoms. The van der Waals surface area contributed by atoms with Crippen molar-refractivity contribution in [3.05, 3.63) is 29.3 Å². The normalized spacial score (nSPS) is 18.9. The lowest BCUT2D eigenvalue weighted by atomic mass is 10.1. The predicted molar refractivity (Wildman–Crippen MR) is 74.0 cm³/mol. The summed E-state index contributed by atoms with van der Waals surface area (Å²) in [6.07, 6.45) is 2.75. The summed E-state index contributed by atoms with van der Waals surface area (Å²) in [5, 5.41) is 4.47. The number of carbonyl (C=O) groups excluding carboxylic acids is 1. The zero-order chi connectivity index (χ0) is 12.3. The second-order valence-electron chi connectivity index (χ2n) is 3.76. The Balaban J connectivity index is 2.02. The van der Waals surface area contributed by atoms with Crippen LogP contribution in [-0.4, -0.2) is 23.8 Å². The molecule has 0 aliphatic carbocycles. The van der Waals surface area contributed by atoms with E-state index in [1.165, 1.54) is 0 Å². The van der Waals surface area contributed by atoms with Gasteiger partial charge in [0.25, 0.3) is 0 Å². The van der Waals surface area contributed by atoms with Crippen LogP contribution in [0, 0.1) is 5.92 Å². The Bertz CT molecular complexity index is 444. The molecule has 1 heterocycles. The molecule has 0 saturated carbocycles. The van der Waals surface area contributed by atoms with Crippen LogP contribution in [0.3, 0.4) is 0 Å². The number of nitrogens with one attached hydrogen (secondary N) is 1. The number of halogens is 1. The van der Waals surface area contributed by atoms with Crippen molar-refractivity contribution in [3.8, 4) is 0 Å². The average Bonchev–Trinajstić information content (AvgIpc) is 2.80. The maximum atomic E-state index is 12.0. The van der Waals surface area contributed by atoms with Crippen molar-refractivity contribution in [1.29, 1.82) is 0 Å². The Kier molecular flexibility index (Phi) is 4.07. The van der Waals surface area contributed by atoms with Crippen molar-refractivity contribution in [2.24, 2.45) is 10.9 Å². The fraction of sp³-hybridized carbons (Fsp3) is 0.333. The van der Waals surface area contributed by atoms with E-state index in [4.69, 9.17) is 11.6 Å². The monoisotopic (exact) mass is 268 g/mol. The molecule has 1 aromatic carbocycles. The Labute approximate surface area is 110 Å². The number of amides is 1. The summed E-state index contributed by atoms with van der Waals surface area (Å²) >= 11 is 7.34. The molecule has 2 rings (SSSR count). The standard InChI is InChI=1S/C12H13ClN2OS/c1-17-12-10(6-7-14-12)11(16)15-9-4-2-8(13)3-5-9/h2-5,10H,6-7H2,1H3,(H,15,16). The molecule has 1 atom stereocenters. The molecule has 1 unspecified atom stereocenters. The van der Waals surface area contributed by atoms with E-state index in [-0.39, 0.29) is 11.8 Å². The Morgan fingerprint density at radius 1 is 1.47 bits per heavy atom. The highest BCUT2D eigenvalue weighted by molar-refractivity contribution is 8.13. The van der Waals surface area contributed by atoms with Crippen LogP contribution in [0.4, 0.5) is 5.69 Å². The summed E-state index contributed by atoms with van der Waals surface area (Å²) in [7, 11) is 0. The van der Waals surface area contributed by atoms with Gasteiger partial charge in [0, 0.05) is 17.3 Å².